The zero-order valence-corrected chi connectivity index (χ0v) is 10.0. The average Bonchev–Trinajstić information content (AvgIpc) is 2.69. The SMILES string of the molecule is CC(CN(C)C(=O)Cc1cscn1)C(=O)O. The van der Waals surface area contributed by atoms with Crippen LogP contribution in [0.15, 0.2) is 10.9 Å². The second-order valence-corrected chi connectivity index (χ2v) is 4.39. The molecule has 0 saturated carbocycles. The molecule has 0 radical (unpaired) electrons. The maximum Gasteiger partial charge on any atom is 0.308 e. The van der Waals surface area contributed by atoms with Crippen LogP contribution in [0.25, 0.3) is 0 Å². The van der Waals surface area contributed by atoms with E-state index >= 15 is 0 Å². The minimum absolute atomic E-state index is 0.112. The van der Waals surface area contributed by atoms with Crippen LogP contribution in [0.4, 0.5) is 0 Å². The summed E-state index contributed by atoms with van der Waals surface area (Å²) in [7, 11) is 1.61. The Kier molecular flexibility index (Phi) is 4.42. The van der Waals surface area contributed by atoms with Gasteiger partial charge in [0.2, 0.25) is 5.91 Å². The maximum atomic E-state index is 11.7. The zero-order chi connectivity index (χ0) is 12.1. The van der Waals surface area contributed by atoms with E-state index in [-0.39, 0.29) is 18.9 Å². The Balaban J connectivity index is 2.45. The van der Waals surface area contributed by atoms with E-state index in [9.17, 15) is 9.59 Å². The Labute approximate surface area is 97.7 Å². The summed E-state index contributed by atoms with van der Waals surface area (Å²) in [5.74, 6) is -1.56. The molecule has 16 heavy (non-hydrogen) atoms. The van der Waals surface area contributed by atoms with Crippen molar-refractivity contribution in [3.8, 4) is 0 Å². The lowest BCUT2D eigenvalue weighted by molar-refractivity contribution is -0.142. The van der Waals surface area contributed by atoms with Crippen LogP contribution in [0.5, 0.6) is 0 Å². The van der Waals surface area contributed by atoms with E-state index < -0.39 is 11.9 Å². The molecule has 0 aliphatic heterocycles. The van der Waals surface area contributed by atoms with Gasteiger partial charge in [-0.3, -0.25) is 9.59 Å². The van der Waals surface area contributed by atoms with Gasteiger partial charge in [-0.2, -0.15) is 0 Å². The molecule has 0 aliphatic carbocycles. The van der Waals surface area contributed by atoms with Crippen LogP contribution < -0.4 is 0 Å². The van der Waals surface area contributed by atoms with Crippen LogP contribution in [0.1, 0.15) is 12.6 Å². The number of aliphatic carboxylic acids is 1. The largest absolute Gasteiger partial charge is 0.481 e. The molecule has 0 spiro atoms. The van der Waals surface area contributed by atoms with Gasteiger partial charge >= 0.3 is 5.97 Å². The first-order valence-electron chi connectivity index (χ1n) is 4.84. The summed E-state index contributed by atoms with van der Waals surface area (Å²) in [5, 5.41) is 10.5. The van der Waals surface area contributed by atoms with Crippen LogP contribution in [0.3, 0.4) is 0 Å². The monoisotopic (exact) mass is 242 g/mol. The number of rotatable bonds is 5. The Morgan fingerprint density at radius 3 is 2.81 bits per heavy atom. The van der Waals surface area contributed by atoms with Crippen molar-refractivity contribution < 1.29 is 14.7 Å². The van der Waals surface area contributed by atoms with Gasteiger partial charge in [0, 0.05) is 19.0 Å². The molecule has 6 heteroatoms. The summed E-state index contributed by atoms with van der Waals surface area (Å²) < 4.78 is 0. The number of nitrogens with zero attached hydrogens (tertiary/aromatic N) is 2. The molecule has 0 aliphatic rings. The number of carboxylic acids is 1. The van der Waals surface area contributed by atoms with Gasteiger partial charge in [-0.15, -0.1) is 11.3 Å². The molecule has 1 atom stereocenters. The van der Waals surface area contributed by atoms with E-state index in [4.69, 9.17) is 5.11 Å². The van der Waals surface area contributed by atoms with Crippen LogP contribution >= 0.6 is 11.3 Å². The lowest BCUT2D eigenvalue weighted by Crippen LogP contribution is -2.34. The van der Waals surface area contributed by atoms with Gasteiger partial charge in [-0.05, 0) is 0 Å². The molecule has 1 aromatic heterocycles. The van der Waals surface area contributed by atoms with Gasteiger partial charge in [0.05, 0.1) is 23.5 Å². The van der Waals surface area contributed by atoms with Gasteiger partial charge in [-0.1, -0.05) is 6.92 Å². The third kappa shape index (κ3) is 3.62. The molecule has 1 amide bonds. The molecular formula is C10H14N2O3S. The Morgan fingerprint density at radius 2 is 2.31 bits per heavy atom. The molecule has 0 bridgehead atoms. The minimum Gasteiger partial charge on any atom is -0.481 e. The van der Waals surface area contributed by atoms with E-state index in [0.29, 0.717) is 0 Å². The van der Waals surface area contributed by atoms with Gasteiger partial charge in [0.15, 0.2) is 0 Å². The Hall–Kier alpha value is -1.43. The fourth-order valence-corrected chi connectivity index (χ4v) is 1.76. The van der Waals surface area contributed by atoms with Gasteiger partial charge in [0.25, 0.3) is 0 Å². The van der Waals surface area contributed by atoms with Crippen LogP contribution in [0.2, 0.25) is 0 Å². The lowest BCUT2D eigenvalue weighted by atomic mass is 10.1. The van der Waals surface area contributed by atoms with E-state index in [0.717, 1.165) is 5.69 Å². The van der Waals surface area contributed by atoms with Crippen molar-refractivity contribution in [2.75, 3.05) is 13.6 Å². The molecule has 5 nitrogen and oxygen atoms in total. The number of hydrogen-bond acceptors (Lipinski definition) is 4. The predicted octanol–water partition coefficient (Wildman–Crippen LogP) is 0.865. The summed E-state index contributed by atoms with van der Waals surface area (Å²) >= 11 is 1.44. The molecule has 1 N–H and O–H groups in total. The standard InChI is InChI=1S/C10H14N2O3S/c1-7(10(14)15)4-12(2)9(13)3-8-5-16-6-11-8/h5-7H,3-4H2,1-2H3,(H,14,15). The van der Waals surface area contributed by atoms with Crippen molar-refractivity contribution >= 4 is 23.2 Å². The van der Waals surface area contributed by atoms with Crippen molar-refractivity contribution in [1.82, 2.24) is 9.88 Å². The molecule has 1 rings (SSSR count). The van der Waals surface area contributed by atoms with Crippen molar-refractivity contribution in [2.24, 2.45) is 5.92 Å². The van der Waals surface area contributed by atoms with E-state index in [1.54, 1.807) is 19.5 Å². The van der Waals surface area contributed by atoms with E-state index in [1.165, 1.54) is 16.2 Å². The number of amides is 1. The zero-order valence-electron chi connectivity index (χ0n) is 9.21. The predicted molar refractivity (Wildman–Crippen MR) is 60.3 cm³/mol. The van der Waals surface area contributed by atoms with Crippen molar-refractivity contribution in [3.63, 3.8) is 0 Å². The first kappa shape index (κ1) is 12.6. The number of likely N-dealkylation sites (N-methyl/N-ethyl adjacent to an activating group) is 1. The van der Waals surface area contributed by atoms with Crippen molar-refractivity contribution in [1.29, 1.82) is 0 Å². The number of thiazole rings is 1. The summed E-state index contributed by atoms with van der Waals surface area (Å²) in [6, 6.07) is 0. The van der Waals surface area contributed by atoms with Crippen molar-refractivity contribution in [2.45, 2.75) is 13.3 Å². The normalized spacial score (nSPS) is 12.1. The third-order valence-corrected chi connectivity index (χ3v) is 2.85. The average molecular weight is 242 g/mol. The number of carboxylic acid groups (broad SMARTS) is 1. The summed E-state index contributed by atoms with van der Waals surface area (Å²) in [4.78, 5) is 27.7. The molecule has 0 fully saturated rings. The van der Waals surface area contributed by atoms with Gasteiger partial charge in [-0.25, -0.2) is 4.98 Å². The molecule has 88 valence electrons. The maximum absolute atomic E-state index is 11.7. The van der Waals surface area contributed by atoms with Gasteiger partial charge < -0.3 is 10.0 Å². The van der Waals surface area contributed by atoms with E-state index in [1.807, 2.05) is 5.38 Å². The first-order chi connectivity index (χ1) is 7.50. The fraction of sp³-hybridized carbons (Fsp3) is 0.500. The lowest BCUT2D eigenvalue weighted by Gasteiger charge is -2.18. The highest BCUT2D eigenvalue weighted by Crippen LogP contribution is 2.05. The summed E-state index contributed by atoms with van der Waals surface area (Å²) in [6.07, 6.45) is 0.229. The van der Waals surface area contributed by atoms with E-state index in [2.05, 4.69) is 4.98 Å². The molecule has 1 heterocycles. The quantitative estimate of drug-likeness (QED) is 0.831. The minimum atomic E-state index is -0.895. The van der Waals surface area contributed by atoms with Crippen LogP contribution in [-0.2, 0) is 16.0 Å². The highest BCUT2D eigenvalue weighted by Gasteiger charge is 2.17. The highest BCUT2D eigenvalue weighted by atomic mass is 32.1. The smallest absolute Gasteiger partial charge is 0.308 e. The highest BCUT2D eigenvalue weighted by molar-refractivity contribution is 7.07. The Morgan fingerprint density at radius 1 is 1.62 bits per heavy atom. The molecule has 1 aromatic rings. The fourth-order valence-electron chi connectivity index (χ4n) is 1.21. The number of carbonyl (C=O) groups excluding carboxylic acids is 1. The molecule has 0 saturated heterocycles. The van der Waals surface area contributed by atoms with Crippen molar-refractivity contribution in [3.05, 3.63) is 16.6 Å². The summed E-state index contributed by atoms with van der Waals surface area (Å²) in [6.45, 7) is 1.80. The number of carbonyl (C=O) groups is 2. The second-order valence-electron chi connectivity index (χ2n) is 3.67. The molecule has 1 unspecified atom stereocenters. The molecular weight excluding hydrogens is 228 g/mol. The molecule has 0 aromatic carbocycles. The van der Waals surface area contributed by atoms with Crippen LogP contribution in [-0.4, -0.2) is 40.5 Å². The third-order valence-electron chi connectivity index (χ3n) is 2.21. The first-order valence-corrected chi connectivity index (χ1v) is 5.78. The van der Waals surface area contributed by atoms with Gasteiger partial charge in [0.1, 0.15) is 0 Å². The second kappa shape index (κ2) is 5.60. The number of hydrogen-bond donors (Lipinski definition) is 1. The topological polar surface area (TPSA) is 70.5 Å². The van der Waals surface area contributed by atoms with Crippen LogP contribution in [0, 0.1) is 5.92 Å². The Bertz CT molecular complexity index is 364. The number of aromatic nitrogens is 1. The summed E-state index contributed by atoms with van der Waals surface area (Å²) in [5.41, 5.74) is 2.40.